The van der Waals surface area contributed by atoms with Crippen LogP contribution in [0.3, 0.4) is 0 Å². The van der Waals surface area contributed by atoms with E-state index in [1.807, 2.05) is 18.2 Å². The lowest BCUT2D eigenvalue weighted by Crippen LogP contribution is -1.98. The molecule has 0 amide bonds. The van der Waals surface area contributed by atoms with E-state index in [4.69, 9.17) is 28.5 Å². The maximum Gasteiger partial charge on any atom is 0.0992 e. The molecule has 2 rings (SSSR count). The Balaban J connectivity index is 2.07. The molecule has 1 aromatic carbocycles. The smallest absolute Gasteiger partial charge is 0.0992 e. The van der Waals surface area contributed by atoms with E-state index in [2.05, 4.69) is 5.32 Å². The first-order valence-corrected chi connectivity index (χ1v) is 6.44. The second-order valence-electron chi connectivity index (χ2n) is 3.37. The monoisotopic (exact) mass is 282 g/mol. The second-order valence-corrected chi connectivity index (χ2v) is 5.57. The van der Waals surface area contributed by atoms with Crippen LogP contribution in [0.25, 0.3) is 0 Å². The number of benzene rings is 1. The molecule has 0 aliphatic carbocycles. The van der Waals surface area contributed by atoms with Gasteiger partial charge in [0.2, 0.25) is 0 Å². The van der Waals surface area contributed by atoms with Gasteiger partial charge in [0.1, 0.15) is 0 Å². The lowest BCUT2D eigenvalue weighted by atomic mass is 10.2. The maximum atomic E-state index is 8.72. The molecule has 1 N–H and O–H groups in total. The summed E-state index contributed by atoms with van der Waals surface area (Å²) >= 11 is 13.4. The van der Waals surface area contributed by atoms with Crippen LogP contribution in [0.1, 0.15) is 10.4 Å². The van der Waals surface area contributed by atoms with E-state index in [0.717, 1.165) is 14.9 Å². The molecule has 1 heterocycles. The van der Waals surface area contributed by atoms with Crippen molar-refractivity contribution in [1.29, 1.82) is 5.26 Å². The summed E-state index contributed by atoms with van der Waals surface area (Å²) in [5, 5.41) is 12.5. The average molecular weight is 283 g/mol. The molecule has 0 fully saturated rings. The van der Waals surface area contributed by atoms with Crippen molar-refractivity contribution in [3.63, 3.8) is 0 Å². The minimum absolute atomic E-state index is 0.548. The van der Waals surface area contributed by atoms with Gasteiger partial charge in [0.25, 0.3) is 0 Å². The highest BCUT2D eigenvalue weighted by Crippen LogP contribution is 2.26. The Bertz CT molecular complexity index is 572. The molecule has 0 saturated heterocycles. The Morgan fingerprint density at radius 2 is 2.06 bits per heavy atom. The van der Waals surface area contributed by atoms with Crippen LogP contribution in [0.2, 0.25) is 9.36 Å². The minimum Gasteiger partial charge on any atom is -0.379 e. The number of thiophene rings is 1. The number of hydrogen-bond acceptors (Lipinski definition) is 3. The van der Waals surface area contributed by atoms with Gasteiger partial charge in [-0.1, -0.05) is 23.2 Å². The number of nitrogens with one attached hydrogen (secondary N) is 1. The van der Waals surface area contributed by atoms with Crippen molar-refractivity contribution in [2.45, 2.75) is 6.54 Å². The number of hydrogen-bond donors (Lipinski definition) is 1. The Kier molecular flexibility index (Phi) is 3.90. The zero-order valence-corrected chi connectivity index (χ0v) is 11.0. The first-order chi connectivity index (χ1) is 8.19. The molecule has 1 aromatic heterocycles. The fourth-order valence-electron chi connectivity index (χ4n) is 1.36. The van der Waals surface area contributed by atoms with Crippen LogP contribution in [0.4, 0.5) is 5.69 Å². The summed E-state index contributed by atoms with van der Waals surface area (Å²) in [6, 6.07) is 11.1. The van der Waals surface area contributed by atoms with Gasteiger partial charge in [0.05, 0.1) is 26.7 Å². The van der Waals surface area contributed by atoms with Crippen molar-refractivity contribution in [2.24, 2.45) is 0 Å². The molecule has 2 nitrogen and oxygen atoms in total. The molecule has 0 radical (unpaired) electrons. The van der Waals surface area contributed by atoms with Gasteiger partial charge in [-0.3, -0.25) is 0 Å². The maximum absolute atomic E-state index is 8.72. The SMILES string of the molecule is N#Cc1ccc(NCc2ccc(Cl)s2)c(Cl)c1. The lowest BCUT2D eigenvalue weighted by molar-refractivity contribution is 1.19. The topological polar surface area (TPSA) is 35.8 Å². The van der Waals surface area contributed by atoms with E-state index in [0.29, 0.717) is 17.1 Å². The first-order valence-electron chi connectivity index (χ1n) is 4.87. The fraction of sp³-hybridized carbons (Fsp3) is 0.0833. The van der Waals surface area contributed by atoms with Crippen molar-refractivity contribution in [3.8, 4) is 6.07 Å². The number of nitriles is 1. The summed E-state index contributed by atoms with van der Waals surface area (Å²) in [5.74, 6) is 0. The zero-order chi connectivity index (χ0) is 12.3. The van der Waals surface area contributed by atoms with Gasteiger partial charge in [0.15, 0.2) is 0 Å². The Morgan fingerprint density at radius 1 is 1.24 bits per heavy atom. The van der Waals surface area contributed by atoms with E-state index >= 15 is 0 Å². The molecule has 86 valence electrons. The van der Waals surface area contributed by atoms with Crippen molar-refractivity contribution in [1.82, 2.24) is 0 Å². The highest BCUT2D eigenvalue weighted by Gasteiger charge is 2.03. The van der Waals surface area contributed by atoms with Crippen molar-refractivity contribution in [3.05, 3.63) is 50.1 Å². The molecule has 0 bridgehead atoms. The lowest BCUT2D eigenvalue weighted by Gasteiger charge is -2.06. The number of anilines is 1. The van der Waals surface area contributed by atoms with E-state index < -0.39 is 0 Å². The summed E-state index contributed by atoms with van der Waals surface area (Å²) < 4.78 is 0.771. The number of rotatable bonds is 3. The molecule has 2 aromatic rings. The van der Waals surface area contributed by atoms with Gasteiger partial charge in [-0.05, 0) is 30.3 Å². The van der Waals surface area contributed by atoms with Crippen molar-refractivity contribution < 1.29 is 0 Å². The van der Waals surface area contributed by atoms with Gasteiger partial charge < -0.3 is 5.32 Å². The molecule has 0 saturated carbocycles. The van der Waals surface area contributed by atoms with Gasteiger partial charge in [-0.25, -0.2) is 0 Å². The Hall–Kier alpha value is -1.21. The number of nitrogens with zero attached hydrogens (tertiary/aromatic N) is 1. The molecule has 5 heteroatoms. The van der Waals surface area contributed by atoms with Gasteiger partial charge in [-0.2, -0.15) is 5.26 Å². The second kappa shape index (κ2) is 5.42. The fourth-order valence-corrected chi connectivity index (χ4v) is 2.63. The third-order valence-electron chi connectivity index (χ3n) is 2.18. The van der Waals surface area contributed by atoms with Gasteiger partial charge in [0, 0.05) is 11.4 Å². The van der Waals surface area contributed by atoms with Crippen LogP contribution in [0, 0.1) is 11.3 Å². The third-order valence-corrected chi connectivity index (χ3v) is 3.72. The zero-order valence-electron chi connectivity index (χ0n) is 8.71. The van der Waals surface area contributed by atoms with Crippen LogP contribution in [0.5, 0.6) is 0 Å². The van der Waals surface area contributed by atoms with E-state index in [1.54, 1.807) is 18.2 Å². The minimum atomic E-state index is 0.548. The van der Waals surface area contributed by atoms with E-state index in [1.165, 1.54) is 11.3 Å². The summed E-state index contributed by atoms with van der Waals surface area (Å²) in [7, 11) is 0. The molecule has 17 heavy (non-hydrogen) atoms. The van der Waals surface area contributed by atoms with Crippen LogP contribution in [-0.4, -0.2) is 0 Å². The molecular weight excluding hydrogens is 275 g/mol. The van der Waals surface area contributed by atoms with Gasteiger partial charge in [-0.15, -0.1) is 11.3 Å². The molecule has 0 aliphatic rings. The van der Waals surface area contributed by atoms with Crippen LogP contribution in [-0.2, 0) is 6.54 Å². The quantitative estimate of drug-likeness (QED) is 0.897. The van der Waals surface area contributed by atoms with Crippen LogP contribution >= 0.6 is 34.5 Å². The predicted octanol–water partition coefficient (Wildman–Crippen LogP) is 4.54. The molecular formula is C12H8Cl2N2S. The van der Waals surface area contributed by atoms with E-state index in [-0.39, 0.29) is 0 Å². The Morgan fingerprint density at radius 3 is 2.65 bits per heavy atom. The molecule has 0 spiro atoms. The number of halogens is 2. The largest absolute Gasteiger partial charge is 0.379 e. The Labute approximate surface area is 113 Å². The molecule has 0 unspecified atom stereocenters. The third kappa shape index (κ3) is 3.13. The van der Waals surface area contributed by atoms with Crippen LogP contribution in [0.15, 0.2) is 30.3 Å². The summed E-state index contributed by atoms with van der Waals surface area (Å²) in [6.45, 7) is 0.670. The molecule has 0 aliphatic heterocycles. The first kappa shape index (κ1) is 12.3. The van der Waals surface area contributed by atoms with Crippen LogP contribution < -0.4 is 5.32 Å². The summed E-state index contributed by atoms with van der Waals surface area (Å²) in [4.78, 5) is 1.13. The summed E-state index contributed by atoms with van der Waals surface area (Å²) in [5.41, 5.74) is 1.37. The normalized spacial score (nSPS) is 9.94. The highest BCUT2D eigenvalue weighted by atomic mass is 35.5. The highest BCUT2D eigenvalue weighted by molar-refractivity contribution is 7.16. The molecule has 0 atom stereocenters. The van der Waals surface area contributed by atoms with Crippen molar-refractivity contribution >= 4 is 40.2 Å². The van der Waals surface area contributed by atoms with Gasteiger partial charge >= 0.3 is 0 Å². The summed E-state index contributed by atoms with van der Waals surface area (Å²) in [6.07, 6.45) is 0. The predicted molar refractivity (Wildman–Crippen MR) is 72.8 cm³/mol. The van der Waals surface area contributed by atoms with E-state index in [9.17, 15) is 0 Å². The standard InChI is InChI=1S/C12H8Cl2N2S/c13-10-5-8(6-15)1-3-11(10)16-7-9-2-4-12(14)17-9/h1-5,16H,7H2. The average Bonchev–Trinajstić information content (AvgIpc) is 2.73. The van der Waals surface area contributed by atoms with Crippen molar-refractivity contribution in [2.75, 3.05) is 5.32 Å².